The van der Waals surface area contributed by atoms with Crippen LogP contribution in [-0.2, 0) is 6.18 Å². The van der Waals surface area contributed by atoms with Gasteiger partial charge in [0, 0.05) is 16.8 Å². The van der Waals surface area contributed by atoms with Crippen LogP contribution < -0.4 is 10.9 Å². The van der Waals surface area contributed by atoms with Crippen LogP contribution in [0, 0.1) is 0 Å². The van der Waals surface area contributed by atoms with Gasteiger partial charge in [0.1, 0.15) is 0 Å². The molecule has 142 valence electrons. The molecule has 0 bridgehead atoms. The number of benzene rings is 1. The van der Waals surface area contributed by atoms with Gasteiger partial charge in [-0.2, -0.15) is 30.8 Å². The van der Waals surface area contributed by atoms with Crippen molar-refractivity contribution in [2.75, 3.05) is 5.32 Å². The van der Waals surface area contributed by atoms with Crippen molar-refractivity contribution in [3.8, 4) is 11.1 Å². The Bertz CT molecular complexity index is 1050. The van der Waals surface area contributed by atoms with Crippen molar-refractivity contribution < 1.29 is 13.2 Å². The first kappa shape index (κ1) is 19.6. The number of hydrogen-bond donors (Lipinski definition) is 2. The predicted octanol–water partition coefficient (Wildman–Crippen LogP) is 5.11. The molecule has 0 aliphatic heterocycles. The minimum atomic E-state index is -4.55. The number of thiol groups is 1. The number of nitrogens with zero attached hydrogens (tertiary/aromatic N) is 2. The lowest BCUT2D eigenvalue weighted by Crippen LogP contribution is -2.22. The summed E-state index contributed by atoms with van der Waals surface area (Å²) >= 11 is 10.5. The highest BCUT2D eigenvalue weighted by molar-refractivity contribution is 7.81. The minimum Gasteiger partial charge on any atom is -0.344 e. The number of hydrogen-bond acceptors (Lipinski definition) is 4. The summed E-state index contributed by atoms with van der Waals surface area (Å²) in [5, 5.41) is 2.86. The summed E-state index contributed by atoms with van der Waals surface area (Å²) in [6.45, 7) is 1.87. The number of fused-ring (bicyclic) bond motifs is 1. The predicted molar refractivity (Wildman–Crippen MR) is 104 cm³/mol. The molecule has 0 radical (unpaired) electrons. The second kappa shape index (κ2) is 7.44. The molecular formula is C18H15ClF3N3OS. The largest absolute Gasteiger partial charge is 0.416 e. The van der Waals surface area contributed by atoms with Crippen molar-refractivity contribution >= 4 is 35.7 Å². The van der Waals surface area contributed by atoms with Crippen molar-refractivity contribution in [2.24, 2.45) is 0 Å². The number of anilines is 1. The van der Waals surface area contributed by atoms with Crippen LogP contribution in [0.4, 0.5) is 19.1 Å². The van der Waals surface area contributed by atoms with Crippen molar-refractivity contribution in [1.82, 2.24) is 9.38 Å². The average Bonchev–Trinajstić information content (AvgIpc) is 2.61. The number of nitrogens with one attached hydrogen (secondary N) is 1. The van der Waals surface area contributed by atoms with Crippen LogP contribution in [0.1, 0.15) is 18.9 Å². The van der Waals surface area contributed by atoms with Crippen molar-refractivity contribution in [3.05, 3.63) is 63.5 Å². The fourth-order valence-corrected chi connectivity index (χ4v) is 2.98. The fraction of sp³-hybridized carbons (Fsp3) is 0.222. The number of halogens is 4. The lowest BCUT2D eigenvalue weighted by Gasteiger charge is -2.18. The minimum absolute atomic E-state index is 0.00413. The maximum atomic E-state index is 13.2. The number of rotatable bonds is 4. The fourth-order valence-electron chi connectivity index (χ4n) is 2.64. The van der Waals surface area contributed by atoms with E-state index >= 15 is 0 Å². The highest BCUT2D eigenvalue weighted by Crippen LogP contribution is 2.34. The molecule has 0 amide bonds. The van der Waals surface area contributed by atoms with Crippen LogP contribution in [0.3, 0.4) is 0 Å². The Labute approximate surface area is 163 Å². The van der Waals surface area contributed by atoms with Gasteiger partial charge >= 0.3 is 6.18 Å². The Morgan fingerprint density at radius 2 is 2.00 bits per heavy atom. The Hall–Kier alpha value is -2.19. The van der Waals surface area contributed by atoms with E-state index in [0.29, 0.717) is 12.0 Å². The molecule has 0 fully saturated rings. The van der Waals surface area contributed by atoms with E-state index in [1.54, 1.807) is 24.3 Å². The molecule has 0 saturated carbocycles. The molecule has 2 aromatic heterocycles. The zero-order valence-corrected chi connectivity index (χ0v) is 15.7. The molecule has 1 atom stereocenters. The van der Waals surface area contributed by atoms with Crippen LogP contribution in [0.15, 0.2) is 47.4 Å². The van der Waals surface area contributed by atoms with Crippen molar-refractivity contribution in [2.45, 2.75) is 24.9 Å². The second-order valence-electron chi connectivity index (χ2n) is 5.83. The van der Waals surface area contributed by atoms with Crippen LogP contribution in [-0.4, -0.2) is 14.8 Å². The van der Waals surface area contributed by atoms with Crippen molar-refractivity contribution in [3.63, 3.8) is 0 Å². The molecule has 0 aliphatic carbocycles. The van der Waals surface area contributed by atoms with Crippen LogP contribution in [0.2, 0.25) is 5.02 Å². The molecule has 1 aromatic carbocycles. The van der Waals surface area contributed by atoms with Crippen LogP contribution >= 0.6 is 24.2 Å². The summed E-state index contributed by atoms with van der Waals surface area (Å²) in [5.74, 6) is 0.112. The third-order valence-corrected chi connectivity index (χ3v) is 4.84. The van der Waals surface area contributed by atoms with Gasteiger partial charge in [-0.15, -0.1) is 0 Å². The van der Waals surface area contributed by atoms with Crippen molar-refractivity contribution in [1.29, 1.82) is 0 Å². The summed E-state index contributed by atoms with van der Waals surface area (Å²) in [6.07, 6.45) is -2.71. The molecular weight excluding hydrogens is 399 g/mol. The lowest BCUT2D eigenvalue weighted by atomic mass is 10.0. The number of aromatic nitrogens is 2. The summed E-state index contributed by atoms with van der Waals surface area (Å²) < 4.78 is 41.1. The van der Waals surface area contributed by atoms with Gasteiger partial charge in [0.2, 0.25) is 5.95 Å². The molecule has 3 rings (SSSR count). The van der Waals surface area contributed by atoms with Crippen LogP contribution in [0.25, 0.3) is 16.6 Å². The Kier molecular flexibility index (Phi) is 5.39. The molecule has 0 aliphatic rings. The summed E-state index contributed by atoms with van der Waals surface area (Å²) in [4.78, 5) is 16.7. The monoisotopic (exact) mass is 413 g/mol. The molecule has 0 spiro atoms. The van der Waals surface area contributed by atoms with E-state index in [2.05, 4.69) is 22.9 Å². The summed E-state index contributed by atoms with van der Waals surface area (Å²) in [6, 6.07) is 8.31. The molecule has 27 heavy (non-hydrogen) atoms. The van der Waals surface area contributed by atoms with Crippen LogP contribution in [0.5, 0.6) is 0 Å². The van der Waals surface area contributed by atoms with E-state index in [4.69, 9.17) is 11.6 Å². The zero-order valence-electron chi connectivity index (χ0n) is 14.1. The molecule has 1 unspecified atom stereocenters. The third-order valence-electron chi connectivity index (χ3n) is 4.01. The normalized spacial score (nSPS) is 13.0. The third kappa shape index (κ3) is 3.91. The molecule has 0 saturated heterocycles. The van der Waals surface area contributed by atoms with E-state index in [-0.39, 0.29) is 27.4 Å². The van der Waals surface area contributed by atoms with Gasteiger partial charge in [-0.1, -0.05) is 36.7 Å². The average molecular weight is 414 g/mol. The standard InChI is InChI=1S/C18H15ClF3N3OS/c1-2-14(27)23-17-24-16(26)15(11-5-3-4-6-12(11)19)13-9-10(18(20,21)22)7-8-25(13)17/h3-9,14,27H,2H2,1H3,(H,23,24,26). The number of pyridine rings is 1. The summed E-state index contributed by atoms with van der Waals surface area (Å²) in [7, 11) is 0. The van der Waals surface area contributed by atoms with Gasteiger partial charge in [0.25, 0.3) is 5.56 Å². The quantitative estimate of drug-likeness (QED) is 0.461. The van der Waals surface area contributed by atoms with Gasteiger partial charge in [0.15, 0.2) is 0 Å². The van der Waals surface area contributed by atoms with Gasteiger partial charge in [-0.05, 0) is 24.6 Å². The molecule has 3 aromatic rings. The highest BCUT2D eigenvalue weighted by atomic mass is 35.5. The first-order valence-corrected chi connectivity index (χ1v) is 8.95. The number of alkyl halides is 3. The molecule has 9 heteroatoms. The van der Waals surface area contributed by atoms with Gasteiger partial charge in [-0.3, -0.25) is 9.20 Å². The van der Waals surface area contributed by atoms with Gasteiger partial charge < -0.3 is 5.32 Å². The van der Waals surface area contributed by atoms with E-state index in [9.17, 15) is 18.0 Å². The SMILES string of the molecule is CCC(S)Nc1nc(=O)c(-c2ccccc2Cl)c2cc(C(F)(F)F)ccn12. The topological polar surface area (TPSA) is 46.4 Å². The smallest absolute Gasteiger partial charge is 0.344 e. The molecule has 2 heterocycles. The van der Waals surface area contributed by atoms with Gasteiger partial charge in [-0.25, -0.2) is 0 Å². The van der Waals surface area contributed by atoms with E-state index in [0.717, 1.165) is 12.1 Å². The zero-order chi connectivity index (χ0) is 19.8. The summed E-state index contributed by atoms with van der Waals surface area (Å²) in [5.41, 5.74) is -1.17. The van der Waals surface area contributed by atoms with E-state index in [1.165, 1.54) is 10.6 Å². The van der Waals surface area contributed by atoms with E-state index in [1.807, 2.05) is 6.92 Å². The maximum absolute atomic E-state index is 13.2. The lowest BCUT2D eigenvalue weighted by molar-refractivity contribution is -0.137. The van der Waals surface area contributed by atoms with Gasteiger partial charge in [0.05, 0.1) is 22.0 Å². The van der Waals surface area contributed by atoms with E-state index < -0.39 is 17.3 Å². The Morgan fingerprint density at radius 1 is 1.30 bits per heavy atom. The Morgan fingerprint density at radius 3 is 2.63 bits per heavy atom. The first-order valence-electron chi connectivity index (χ1n) is 8.05. The Balaban J connectivity index is 2.38. The molecule has 1 N–H and O–H groups in total. The second-order valence-corrected chi connectivity index (χ2v) is 6.86. The first-order chi connectivity index (χ1) is 12.7. The maximum Gasteiger partial charge on any atom is 0.416 e. The molecule has 4 nitrogen and oxygen atoms in total. The highest BCUT2D eigenvalue weighted by Gasteiger charge is 2.31.